The van der Waals surface area contributed by atoms with Crippen molar-refractivity contribution < 1.29 is 14.6 Å². The summed E-state index contributed by atoms with van der Waals surface area (Å²) >= 11 is 0. The Labute approximate surface area is 117 Å². The van der Waals surface area contributed by atoms with Crippen molar-refractivity contribution in [2.45, 2.75) is 0 Å². The van der Waals surface area contributed by atoms with Gasteiger partial charge in [0.05, 0.1) is 0 Å². The van der Waals surface area contributed by atoms with Crippen LogP contribution in [0.2, 0.25) is 0 Å². The number of ether oxygens (including phenoxy) is 2. The molecule has 0 spiro atoms. The van der Waals surface area contributed by atoms with Gasteiger partial charge in [0.15, 0.2) is 11.5 Å². The molecule has 3 nitrogen and oxygen atoms in total. The molecule has 0 fully saturated rings. The molecule has 0 saturated heterocycles. The lowest BCUT2D eigenvalue weighted by atomic mass is 10.0. The van der Waals surface area contributed by atoms with Gasteiger partial charge in [-0.2, -0.15) is 0 Å². The minimum absolute atomic E-state index is 0.229. The first kappa shape index (κ1) is 12.4. The molecule has 1 aliphatic heterocycles. The molecule has 0 aliphatic carbocycles. The van der Waals surface area contributed by atoms with E-state index in [-0.39, 0.29) is 12.5 Å². The average molecular weight is 266 g/mol. The van der Waals surface area contributed by atoms with Crippen molar-refractivity contribution in [1.29, 1.82) is 0 Å². The highest BCUT2D eigenvalue weighted by molar-refractivity contribution is 5.80. The summed E-state index contributed by atoms with van der Waals surface area (Å²) in [5, 5.41) is 9.77. The smallest absolute Gasteiger partial charge is 0.231 e. The molecule has 0 saturated carbocycles. The highest BCUT2D eigenvalue weighted by atomic mass is 16.7. The zero-order valence-electron chi connectivity index (χ0n) is 10.9. The molecule has 0 atom stereocenters. The predicted octanol–water partition coefficient (Wildman–Crippen LogP) is 3.85. The van der Waals surface area contributed by atoms with Gasteiger partial charge in [-0.3, -0.25) is 0 Å². The first-order valence-electron chi connectivity index (χ1n) is 6.29. The number of hydrogen-bond acceptors (Lipinski definition) is 3. The maximum absolute atomic E-state index is 9.77. The summed E-state index contributed by atoms with van der Waals surface area (Å²) in [6.45, 7) is 4.24. The third kappa shape index (κ3) is 2.38. The Hall–Kier alpha value is -2.68. The van der Waals surface area contributed by atoms with Gasteiger partial charge < -0.3 is 14.6 Å². The lowest BCUT2D eigenvalue weighted by Crippen LogP contribution is -1.92. The molecular weight excluding hydrogens is 252 g/mol. The summed E-state index contributed by atoms with van der Waals surface area (Å²) in [5.41, 5.74) is 2.47. The van der Waals surface area contributed by atoms with Crippen LogP contribution >= 0.6 is 0 Å². The summed E-state index contributed by atoms with van der Waals surface area (Å²) < 4.78 is 10.6. The highest BCUT2D eigenvalue weighted by Crippen LogP contribution is 2.33. The number of phenols is 1. The van der Waals surface area contributed by atoms with Crippen molar-refractivity contribution in [3.05, 3.63) is 66.2 Å². The van der Waals surface area contributed by atoms with Crippen molar-refractivity contribution in [3.63, 3.8) is 0 Å². The summed E-state index contributed by atoms with van der Waals surface area (Å²) in [6, 6.07) is 12.9. The predicted molar refractivity (Wildman–Crippen MR) is 78.7 cm³/mol. The van der Waals surface area contributed by atoms with Crippen LogP contribution in [0.3, 0.4) is 0 Å². The Morgan fingerprint density at radius 3 is 2.75 bits per heavy atom. The van der Waals surface area contributed by atoms with Crippen LogP contribution in [0.4, 0.5) is 0 Å². The molecule has 3 heteroatoms. The van der Waals surface area contributed by atoms with E-state index in [0.717, 1.165) is 28.2 Å². The minimum Gasteiger partial charge on any atom is -0.507 e. The second-order valence-electron chi connectivity index (χ2n) is 4.49. The number of phenolic OH excluding ortho intramolecular Hbond substituents is 1. The van der Waals surface area contributed by atoms with Gasteiger partial charge in [0, 0.05) is 5.56 Å². The lowest BCUT2D eigenvalue weighted by molar-refractivity contribution is 0.174. The Bertz CT molecular complexity index is 686. The summed E-state index contributed by atoms with van der Waals surface area (Å²) in [6.07, 6.45) is 3.79. The number of rotatable bonds is 3. The largest absolute Gasteiger partial charge is 0.507 e. The zero-order valence-corrected chi connectivity index (χ0v) is 10.9. The van der Waals surface area contributed by atoms with Gasteiger partial charge >= 0.3 is 0 Å². The van der Waals surface area contributed by atoms with E-state index in [2.05, 4.69) is 6.58 Å². The van der Waals surface area contributed by atoms with Crippen molar-refractivity contribution in [2.75, 3.05) is 6.79 Å². The molecule has 1 aliphatic rings. The van der Waals surface area contributed by atoms with E-state index in [0.29, 0.717) is 0 Å². The van der Waals surface area contributed by atoms with Gasteiger partial charge in [-0.05, 0) is 29.3 Å². The van der Waals surface area contributed by atoms with Crippen LogP contribution in [0, 0.1) is 0 Å². The van der Waals surface area contributed by atoms with Crippen LogP contribution in [0.1, 0.15) is 11.1 Å². The van der Waals surface area contributed by atoms with E-state index in [1.165, 1.54) is 0 Å². The lowest BCUT2D eigenvalue weighted by Gasteiger charge is -2.03. The number of fused-ring (bicyclic) bond motifs is 1. The van der Waals surface area contributed by atoms with Crippen molar-refractivity contribution in [1.82, 2.24) is 0 Å². The van der Waals surface area contributed by atoms with Crippen LogP contribution in [-0.4, -0.2) is 11.9 Å². The SMILES string of the molecule is C=C(/C=C/c1ccc2c(c1)OCO2)c1ccccc1O. The third-order valence-electron chi connectivity index (χ3n) is 3.12. The molecule has 0 bridgehead atoms. The third-order valence-corrected chi connectivity index (χ3v) is 3.12. The van der Waals surface area contributed by atoms with E-state index in [9.17, 15) is 5.11 Å². The molecule has 1 heterocycles. The van der Waals surface area contributed by atoms with Gasteiger partial charge in [0.25, 0.3) is 0 Å². The highest BCUT2D eigenvalue weighted by Gasteiger charge is 2.12. The minimum atomic E-state index is 0.229. The van der Waals surface area contributed by atoms with Gasteiger partial charge in [0.1, 0.15) is 5.75 Å². The summed E-state index contributed by atoms with van der Waals surface area (Å²) in [5.74, 6) is 1.75. The first-order valence-corrected chi connectivity index (χ1v) is 6.29. The maximum atomic E-state index is 9.77. The monoisotopic (exact) mass is 266 g/mol. The Balaban J connectivity index is 1.81. The second-order valence-corrected chi connectivity index (χ2v) is 4.49. The number of benzene rings is 2. The molecule has 20 heavy (non-hydrogen) atoms. The van der Waals surface area contributed by atoms with Crippen LogP contribution in [0.15, 0.2) is 55.1 Å². The normalized spacial score (nSPS) is 12.8. The Morgan fingerprint density at radius 1 is 1.10 bits per heavy atom. The van der Waals surface area contributed by atoms with Crippen LogP contribution in [0.25, 0.3) is 11.6 Å². The van der Waals surface area contributed by atoms with Gasteiger partial charge in [-0.25, -0.2) is 0 Å². The molecule has 3 rings (SSSR count). The average Bonchev–Trinajstić information content (AvgIpc) is 2.92. The first-order chi connectivity index (χ1) is 9.74. The van der Waals surface area contributed by atoms with Crippen LogP contribution in [-0.2, 0) is 0 Å². The molecule has 0 aromatic heterocycles. The van der Waals surface area contributed by atoms with E-state index >= 15 is 0 Å². The number of allylic oxidation sites excluding steroid dienone is 2. The summed E-state index contributed by atoms with van der Waals surface area (Å²) in [7, 11) is 0. The van der Waals surface area contributed by atoms with Crippen LogP contribution in [0.5, 0.6) is 17.2 Å². The molecule has 2 aromatic carbocycles. The molecule has 0 amide bonds. The van der Waals surface area contributed by atoms with Crippen molar-refractivity contribution >= 4 is 11.6 Å². The van der Waals surface area contributed by atoms with E-state index in [1.54, 1.807) is 12.1 Å². The Morgan fingerprint density at radius 2 is 1.90 bits per heavy atom. The fourth-order valence-electron chi connectivity index (χ4n) is 2.05. The molecule has 0 unspecified atom stereocenters. The topological polar surface area (TPSA) is 38.7 Å². The molecule has 100 valence electrons. The van der Waals surface area contributed by atoms with Crippen molar-refractivity contribution in [3.8, 4) is 17.2 Å². The van der Waals surface area contributed by atoms with E-state index in [4.69, 9.17) is 9.47 Å². The van der Waals surface area contributed by atoms with Crippen LogP contribution < -0.4 is 9.47 Å². The summed E-state index contributed by atoms with van der Waals surface area (Å²) in [4.78, 5) is 0. The quantitative estimate of drug-likeness (QED) is 0.858. The molecule has 1 N–H and O–H groups in total. The fraction of sp³-hybridized carbons (Fsp3) is 0.0588. The molecule has 2 aromatic rings. The Kier molecular flexibility index (Phi) is 3.17. The van der Waals surface area contributed by atoms with Crippen molar-refractivity contribution in [2.24, 2.45) is 0 Å². The molecule has 0 radical (unpaired) electrons. The fourth-order valence-corrected chi connectivity index (χ4v) is 2.05. The standard InChI is InChI=1S/C17H14O3/c1-12(14-4-2-3-5-15(14)18)6-7-13-8-9-16-17(10-13)20-11-19-16/h2-10,18H,1,11H2/b7-6+. The van der Waals surface area contributed by atoms with Gasteiger partial charge in [-0.15, -0.1) is 0 Å². The number of aromatic hydroxyl groups is 1. The molecular formula is C17H14O3. The van der Waals surface area contributed by atoms with Gasteiger partial charge in [-0.1, -0.05) is 43.0 Å². The van der Waals surface area contributed by atoms with E-state index in [1.807, 2.05) is 42.5 Å². The number of hydrogen-bond donors (Lipinski definition) is 1. The van der Waals surface area contributed by atoms with Gasteiger partial charge in [0.2, 0.25) is 6.79 Å². The zero-order chi connectivity index (χ0) is 13.9. The number of para-hydroxylation sites is 1. The second kappa shape index (κ2) is 5.13. The maximum Gasteiger partial charge on any atom is 0.231 e. The van der Waals surface area contributed by atoms with E-state index < -0.39 is 0 Å².